The van der Waals surface area contributed by atoms with Crippen molar-refractivity contribution in [2.75, 3.05) is 13.1 Å². The van der Waals surface area contributed by atoms with Gasteiger partial charge in [-0.2, -0.15) is 0 Å². The molecule has 2 aromatic rings. The van der Waals surface area contributed by atoms with E-state index in [9.17, 15) is 9.18 Å². The van der Waals surface area contributed by atoms with E-state index in [0.29, 0.717) is 24.2 Å². The van der Waals surface area contributed by atoms with E-state index >= 15 is 4.39 Å². The van der Waals surface area contributed by atoms with Gasteiger partial charge in [0.2, 0.25) is 0 Å². The Bertz CT molecular complexity index is 1030. The molecule has 7 heteroatoms. The van der Waals surface area contributed by atoms with E-state index < -0.39 is 19.7 Å². The Morgan fingerprint density at radius 3 is 2.33 bits per heavy atom. The highest BCUT2D eigenvalue weighted by atomic mass is 28.3. The molecule has 2 rings (SSSR count). The quantitative estimate of drug-likeness (QED) is 0.176. The number of Topliss-reactive ketones (excluding diaryl/α,β-unsaturated/α-hetero) is 1. The van der Waals surface area contributed by atoms with E-state index in [0.717, 1.165) is 6.07 Å². The zero-order chi connectivity index (χ0) is 22.5. The number of ketones is 1. The van der Waals surface area contributed by atoms with E-state index in [1.54, 1.807) is 11.1 Å². The summed E-state index contributed by atoms with van der Waals surface area (Å²) in [4.78, 5) is 12.3. The van der Waals surface area contributed by atoms with Crippen molar-refractivity contribution in [3.63, 3.8) is 0 Å². The molecule has 0 aliphatic rings. The van der Waals surface area contributed by atoms with Crippen molar-refractivity contribution in [2.45, 2.75) is 40.4 Å². The van der Waals surface area contributed by atoms with Crippen LogP contribution < -0.4 is 0 Å². The van der Waals surface area contributed by atoms with Gasteiger partial charge in [0.15, 0.2) is 5.78 Å². The van der Waals surface area contributed by atoms with Crippen molar-refractivity contribution >= 4 is 19.5 Å². The van der Waals surface area contributed by atoms with Gasteiger partial charge in [-0.1, -0.05) is 42.9 Å². The molecule has 158 valence electrons. The Morgan fingerprint density at radius 2 is 1.80 bits per heavy atom. The fourth-order valence-corrected chi connectivity index (χ4v) is 3.28. The van der Waals surface area contributed by atoms with Crippen molar-refractivity contribution in [1.29, 1.82) is 0 Å². The fraction of sp³-hybridized carbons (Fsp3) is 0.348. The van der Waals surface area contributed by atoms with Crippen LogP contribution in [0.5, 0.6) is 0 Å². The SMILES string of the molecule is CCN(CC)N=Nc1c(C#C[Si](C)(C)C)c(F)cc(C(C)=O)c1-c1cccc(F)c1. The van der Waals surface area contributed by atoms with Gasteiger partial charge in [0.05, 0.1) is 5.56 Å². The second-order valence-corrected chi connectivity index (χ2v) is 12.6. The summed E-state index contributed by atoms with van der Waals surface area (Å²) in [5.41, 5.74) is 4.23. The van der Waals surface area contributed by atoms with Crippen LogP contribution in [0.3, 0.4) is 0 Å². The van der Waals surface area contributed by atoms with E-state index in [2.05, 4.69) is 21.8 Å². The fourth-order valence-electron chi connectivity index (χ4n) is 2.78. The third-order valence-electron chi connectivity index (χ3n) is 4.31. The van der Waals surface area contributed by atoms with Gasteiger partial charge in [0.1, 0.15) is 25.4 Å². The molecule has 0 saturated carbocycles. The van der Waals surface area contributed by atoms with Gasteiger partial charge in [0, 0.05) is 24.2 Å². The predicted molar refractivity (Wildman–Crippen MR) is 119 cm³/mol. The number of benzene rings is 2. The average molecular weight is 428 g/mol. The van der Waals surface area contributed by atoms with Crippen LogP contribution in [-0.2, 0) is 0 Å². The topological polar surface area (TPSA) is 45.0 Å². The molecule has 0 aliphatic heterocycles. The second-order valence-electron chi connectivity index (χ2n) is 7.90. The third-order valence-corrected chi connectivity index (χ3v) is 5.18. The van der Waals surface area contributed by atoms with Gasteiger partial charge >= 0.3 is 0 Å². The van der Waals surface area contributed by atoms with Gasteiger partial charge in [-0.25, -0.2) is 8.78 Å². The Hall–Kier alpha value is -2.85. The van der Waals surface area contributed by atoms with Gasteiger partial charge in [0.25, 0.3) is 0 Å². The van der Waals surface area contributed by atoms with Crippen molar-refractivity contribution in [2.24, 2.45) is 10.3 Å². The molecular weight excluding hydrogens is 400 g/mol. The molecule has 0 heterocycles. The van der Waals surface area contributed by atoms with Gasteiger partial charge in [-0.3, -0.25) is 9.80 Å². The summed E-state index contributed by atoms with van der Waals surface area (Å²) in [7, 11) is -1.82. The number of hydrogen-bond acceptors (Lipinski definition) is 3. The molecule has 0 spiro atoms. The molecule has 0 aromatic heterocycles. The summed E-state index contributed by atoms with van der Waals surface area (Å²) in [5.74, 6) is 1.48. The van der Waals surface area contributed by atoms with Crippen LogP contribution in [-0.4, -0.2) is 32.0 Å². The normalized spacial score (nSPS) is 11.3. The van der Waals surface area contributed by atoms with Crippen molar-refractivity contribution in [3.05, 3.63) is 53.1 Å². The molecule has 0 atom stereocenters. The van der Waals surface area contributed by atoms with Crippen molar-refractivity contribution < 1.29 is 13.6 Å². The highest BCUT2D eigenvalue weighted by Gasteiger charge is 2.22. The van der Waals surface area contributed by atoms with E-state index in [1.165, 1.54) is 25.1 Å². The molecule has 0 unspecified atom stereocenters. The molecule has 2 aromatic carbocycles. The van der Waals surface area contributed by atoms with Crippen LogP contribution in [0.25, 0.3) is 11.1 Å². The van der Waals surface area contributed by atoms with Crippen molar-refractivity contribution in [1.82, 2.24) is 5.01 Å². The molecule has 0 amide bonds. The Labute approximate surface area is 178 Å². The maximum atomic E-state index is 15.1. The monoisotopic (exact) mass is 427 g/mol. The minimum atomic E-state index is -1.82. The van der Waals surface area contributed by atoms with Crippen LogP contribution >= 0.6 is 0 Å². The molecule has 0 fully saturated rings. The lowest BCUT2D eigenvalue weighted by atomic mass is 9.92. The van der Waals surface area contributed by atoms with Gasteiger partial charge in [-0.15, -0.1) is 10.7 Å². The van der Waals surface area contributed by atoms with Crippen LogP contribution in [0.2, 0.25) is 19.6 Å². The van der Waals surface area contributed by atoms with E-state index in [1.807, 2.05) is 33.5 Å². The molecule has 4 nitrogen and oxygen atoms in total. The summed E-state index contributed by atoms with van der Waals surface area (Å²) in [6.07, 6.45) is 0. The highest BCUT2D eigenvalue weighted by molar-refractivity contribution is 6.83. The largest absolute Gasteiger partial charge is 0.294 e. The first-order chi connectivity index (χ1) is 14.1. The summed E-state index contributed by atoms with van der Waals surface area (Å²) in [5, 5.41) is 10.2. The van der Waals surface area contributed by atoms with E-state index in [4.69, 9.17) is 0 Å². The van der Waals surface area contributed by atoms with Crippen molar-refractivity contribution in [3.8, 4) is 22.6 Å². The maximum absolute atomic E-state index is 15.1. The number of rotatable bonds is 6. The number of carbonyl (C=O) groups excluding carboxylic acids is 1. The summed E-state index contributed by atoms with van der Waals surface area (Å²) < 4.78 is 29.1. The summed E-state index contributed by atoms with van der Waals surface area (Å²) >= 11 is 0. The van der Waals surface area contributed by atoms with Crippen LogP contribution in [0.4, 0.5) is 14.5 Å². The van der Waals surface area contributed by atoms with E-state index in [-0.39, 0.29) is 22.6 Å². The predicted octanol–water partition coefficient (Wildman–Crippen LogP) is 6.40. The van der Waals surface area contributed by atoms with Crippen LogP contribution in [0, 0.1) is 23.1 Å². The minimum Gasteiger partial charge on any atom is -0.294 e. The first-order valence-corrected chi connectivity index (χ1v) is 13.4. The zero-order valence-corrected chi connectivity index (χ0v) is 19.3. The molecule has 30 heavy (non-hydrogen) atoms. The number of hydrogen-bond donors (Lipinski definition) is 0. The maximum Gasteiger partial charge on any atom is 0.160 e. The number of halogens is 2. The minimum absolute atomic E-state index is 0.0672. The lowest BCUT2D eigenvalue weighted by molar-refractivity contribution is 0.101. The third kappa shape index (κ3) is 5.83. The lowest BCUT2D eigenvalue weighted by Gasteiger charge is -2.16. The lowest BCUT2D eigenvalue weighted by Crippen LogP contribution is -2.16. The molecule has 0 saturated heterocycles. The number of nitrogens with zero attached hydrogens (tertiary/aromatic N) is 3. The summed E-state index contributed by atoms with van der Waals surface area (Å²) in [6, 6.07) is 6.97. The zero-order valence-electron chi connectivity index (χ0n) is 18.3. The summed E-state index contributed by atoms with van der Waals surface area (Å²) in [6.45, 7) is 12.6. The first-order valence-electron chi connectivity index (χ1n) is 9.90. The molecule has 0 aliphatic carbocycles. The Balaban J connectivity index is 2.94. The van der Waals surface area contributed by atoms with Gasteiger partial charge in [-0.05, 0) is 44.5 Å². The standard InChI is InChI=1S/C23H27F2N3OSi/c1-7-28(8-2)27-26-23-19(12-13-30(4,5)6)21(25)15-20(16(3)29)22(23)17-10-9-11-18(24)14-17/h9-11,14-15H,7-8H2,1-6H3. The first kappa shape index (κ1) is 23.4. The van der Waals surface area contributed by atoms with Gasteiger partial charge < -0.3 is 0 Å². The second kappa shape index (κ2) is 9.77. The number of carbonyl (C=O) groups is 1. The van der Waals surface area contributed by atoms with Crippen LogP contribution in [0.1, 0.15) is 36.7 Å². The molecular formula is C23H27F2N3OSi. The van der Waals surface area contributed by atoms with Crippen LogP contribution in [0.15, 0.2) is 40.7 Å². The Kier molecular flexibility index (Phi) is 7.63. The smallest absolute Gasteiger partial charge is 0.160 e. The average Bonchev–Trinajstić information content (AvgIpc) is 2.66. The molecule has 0 bridgehead atoms. The molecule has 0 radical (unpaired) electrons. The molecule has 0 N–H and O–H groups in total. The highest BCUT2D eigenvalue weighted by Crippen LogP contribution is 2.39. The Morgan fingerprint density at radius 1 is 1.13 bits per heavy atom.